The summed E-state index contributed by atoms with van der Waals surface area (Å²) in [4.78, 5) is 27.7. The van der Waals surface area contributed by atoms with Gasteiger partial charge < -0.3 is 10.0 Å². The molecule has 1 amide bonds. The molecule has 0 bridgehead atoms. The molecule has 0 atom stereocenters. The van der Waals surface area contributed by atoms with Gasteiger partial charge in [-0.2, -0.15) is 10.1 Å². The van der Waals surface area contributed by atoms with Gasteiger partial charge >= 0.3 is 5.97 Å². The van der Waals surface area contributed by atoms with Crippen LogP contribution in [0.25, 0.3) is 6.08 Å². The van der Waals surface area contributed by atoms with E-state index in [0.717, 1.165) is 35.6 Å². The number of amides is 1. The normalized spacial score (nSPS) is 17.0. The fraction of sp³-hybridized carbons (Fsp3) is 0.361. The third-order valence-corrected chi connectivity index (χ3v) is 8.46. The van der Waals surface area contributed by atoms with E-state index in [0.29, 0.717) is 5.69 Å². The Balaban J connectivity index is 1.37. The molecule has 0 unspecified atom stereocenters. The summed E-state index contributed by atoms with van der Waals surface area (Å²) < 4.78 is 0. The Labute approximate surface area is 249 Å². The van der Waals surface area contributed by atoms with E-state index >= 15 is 0 Å². The number of unbranched alkanes of at least 4 members (excludes halogenated alkanes) is 5. The Kier molecular flexibility index (Phi) is 8.91. The number of anilines is 3. The standard InChI is InChI=1S/C36H41N3O3/c1-4-5-6-7-8-10-13-26-16-19-28(20-17-26)38-23-22-36(2,3)31-25-27(18-21-32(31)38)24-30-33(35(41)42)37-39(34(30)40)29-14-11-9-12-15-29/h9,11-12,14-21,24-25H,4-8,10,13,22-23H2,1-3H3,(H,41,42). The van der Waals surface area contributed by atoms with Crippen molar-refractivity contribution in [1.82, 2.24) is 0 Å². The summed E-state index contributed by atoms with van der Waals surface area (Å²) in [5.74, 6) is -1.67. The van der Waals surface area contributed by atoms with Crippen LogP contribution in [0.5, 0.6) is 0 Å². The molecule has 1 N–H and O–H groups in total. The molecule has 42 heavy (non-hydrogen) atoms. The Hall–Kier alpha value is -4.19. The molecular weight excluding hydrogens is 522 g/mol. The highest BCUT2D eigenvalue weighted by molar-refractivity contribution is 6.53. The molecule has 2 aliphatic rings. The number of carboxylic acid groups (broad SMARTS) is 1. The highest BCUT2D eigenvalue weighted by Gasteiger charge is 2.36. The van der Waals surface area contributed by atoms with E-state index in [1.807, 2.05) is 12.1 Å². The van der Waals surface area contributed by atoms with Crippen LogP contribution in [-0.2, 0) is 21.4 Å². The maximum absolute atomic E-state index is 13.3. The van der Waals surface area contributed by atoms with E-state index in [1.54, 1.807) is 30.3 Å². The molecule has 3 aromatic carbocycles. The van der Waals surface area contributed by atoms with Crippen molar-refractivity contribution in [3.8, 4) is 0 Å². The molecule has 6 heteroatoms. The maximum Gasteiger partial charge on any atom is 0.357 e. The molecule has 0 radical (unpaired) electrons. The number of fused-ring (bicyclic) bond motifs is 1. The highest BCUT2D eigenvalue weighted by atomic mass is 16.4. The first-order chi connectivity index (χ1) is 20.3. The second-order valence-corrected chi connectivity index (χ2v) is 12.0. The van der Waals surface area contributed by atoms with Gasteiger partial charge in [0.25, 0.3) is 5.91 Å². The zero-order valence-electron chi connectivity index (χ0n) is 25.0. The first-order valence-electron chi connectivity index (χ1n) is 15.2. The topological polar surface area (TPSA) is 73.2 Å². The molecule has 5 rings (SSSR count). The van der Waals surface area contributed by atoms with Gasteiger partial charge in [0.2, 0.25) is 0 Å². The fourth-order valence-electron chi connectivity index (χ4n) is 5.90. The zero-order chi connectivity index (χ0) is 29.7. The number of carbonyl (C=O) groups excluding carboxylic acids is 1. The Morgan fingerprint density at radius 2 is 1.64 bits per heavy atom. The first kappa shape index (κ1) is 29.3. The summed E-state index contributed by atoms with van der Waals surface area (Å²) in [6.07, 6.45) is 11.6. The van der Waals surface area contributed by atoms with E-state index in [-0.39, 0.29) is 16.7 Å². The molecule has 3 aromatic rings. The van der Waals surface area contributed by atoms with Gasteiger partial charge in [0, 0.05) is 17.9 Å². The number of rotatable bonds is 11. The van der Waals surface area contributed by atoms with E-state index in [9.17, 15) is 14.7 Å². The van der Waals surface area contributed by atoms with Crippen molar-refractivity contribution in [2.75, 3.05) is 16.5 Å². The molecule has 0 aliphatic carbocycles. The average molecular weight is 564 g/mol. The van der Waals surface area contributed by atoms with E-state index < -0.39 is 11.9 Å². The number of aryl methyl sites for hydroxylation is 1. The fourth-order valence-corrected chi connectivity index (χ4v) is 5.90. The van der Waals surface area contributed by atoms with Crippen LogP contribution < -0.4 is 9.91 Å². The lowest BCUT2D eigenvalue weighted by Gasteiger charge is -2.40. The highest BCUT2D eigenvalue weighted by Crippen LogP contribution is 2.43. The van der Waals surface area contributed by atoms with Crippen LogP contribution in [0.4, 0.5) is 17.1 Å². The SMILES string of the molecule is CCCCCCCCc1ccc(N2CCC(C)(C)c3cc(C=C4C(=O)N(c5ccccc5)N=C4C(=O)O)ccc32)cc1. The number of hydrogen-bond acceptors (Lipinski definition) is 4. The number of hydrogen-bond donors (Lipinski definition) is 1. The van der Waals surface area contributed by atoms with Gasteiger partial charge in [-0.15, -0.1) is 0 Å². The largest absolute Gasteiger partial charge is 0.476 e. The molecule has 2 heterocycles. The second kappa shape index (κ2) is 12.8. The minimum atomic E-state index is -1.22. The van der Waals surface area contributed by atoms with Gasteiger partial charge in [-0.1, -0.05) is 89.3 Å². The molecule has 2 aliphatic heterocycles. The summed E-state index contributed by atoms with van der Waals surface area (Å²) >= 11 is 0. The van der Waals surface area contributed by atoms with Gasteiger partial charge in [0.15, 0.2) is 5.71 Å². The number of aliphatic carboxylic acids is 1. The lowest BCUT2D eigenvalue weighted by molar-refractivity contribution is -0.129. The van der Waals surface area contributed by atoms with Crippen LogP contribution in [0.15, 0.2) is 83.5 Å². The predicted octanol–water partition coefficient (Wildman–Crippen LogP) is 8.28. The third-order valence-electron chi connectivity index (χ3n) is 8.46. The van der Waals surface area contributed by atoms with Crippen LogP contribution in [-0.4, -0.2) is 29.2 Å². The van der Waals surface area contributed by atoms with Crippen molar-refractivity contribution >= 4 is 40.7 Å². The molecule has 0 fully saturated rings. The lowest BCUT2D eigenvalue weighted by atomic mass is 9.77. The lowest BCUT2D eigenvalue weighted by Crippen LogP contribution is -2.34. The second-order valence-electron chi connectivity index (χ2n) is 12.0. The van der Waals surface area contributed by atoms with Gasteiger partial charge in [0.1, 0.15) is 0 Å². The molecule has 0 aromatic heterocycles. The Morgan fingerprint density at radius 1 is 0.929 bits per heavy atom. The number of benzene rings is 3. The Bertz CT molecular complexity index is 1490. The van der Waals surface area contributed by atoms with Crippen molar-refractivity contribution in [3.05, 3.63) is 95.1 Å². The average Bonchev–Trinajstić information content (AvgIpc) is 3.32. The summed E-state index contributed by atoms with van der Waals surface area (Å²) in [5.41, 5.74) is 5.96. The molecular formula is C36H41N3O3. The predicted molar refractivity (Wildman–Crippen MR) is 172 cm³/mol. The summed E-state index contributed by atoms with van der Waals surface area (Å²) in [7, 11) is 0. The van der Waals surface area contributed by atoms with Crippen LogP contribution in [0.3, 0.4) is 0 Å². The summed E-state index contributed by atoms with van der Waals surface area (Å²) in [5, 5.41) is 15.1. The van der Waals surface area contributed by atoms with Crippen LogP contribution in [0, 0.1) is 0 Å². The Morgan fingerprint density at radius 3 is 2.36 bits per heavy atom. The van der Waals surface area contributed by atoms with E-state index in [4.69, 9.17) is 0 Å². The molecule has 0 saturated carbocycles. The van der Waals surface area contributed by atoms with Crippen molar-refractivity contribution in [2.24, 2.45) is 5.10 Å². The van der Waals surface area contributed by atoms with E-state index in [2.05, 4.69) is 67.2 Å². The minimum absolute atomic E-state index is 0.0719. The van der Waals surface area contributed by atoms with Crippen LogP contribution in [0.2, 0.25) is 0 Å². The molecule has 218 valence electrons. The molecule has 0 spiro atoms. The van der Waals surface area contributed by atoms with E-state index in [1.165, 1.54) is 55.3 Å². The van der Waals surface area contributed by atoms with Gasteiger partial charge in [-0.25, -0.2) is 4.79 Å². The number of para-hydroxylation sites is 1. The number of nitrogens with zero attached hydrogens (tertiary/aromatic N) is 3. The number of carboxylic acids is 1. The van der Waals surface area contributed by atoms with Crippen molar-refractivity contribution < 1.29 is 14.7 Å². The van der Waals surface area contributed by atoms with Crippen LogP contribution >= 0.6 is 0 Å². The monoisotopic (exact) mass is 563 g/mol. The maximum atomic E-state index is 13.3. The third kappa shape index (κ3) is 6.33. The summed E-state index contributed by atoms with van der Waals surface area (Å²) in [6, 6.07) is 24.0. The van der Waals surface area contributed by atoms with Gasteiger partial charge in [-0.3, -0.25) is 4.79 Å². The minimum Gasteiger partial charge on any atom is -0.476 e. The first-order valence-corrected chi connectivity index (χ1v) is 15.2. The van der Waals surface area contributed by atoms with Crippen LogP contribution in [0.1, 0.15) is 82.4 Å². The van der Waals surface area contributed by atoms with Crippen molar-refractivity contribution in [2.45, 2.75) is 77.6 Å². The van der Waals surface area contributed by atoms with Gasteiger partial charge in [0.05, 0.1) is 11.3 Å². The quantitative estimate of drug-likeness (QED) is 0.188. The molecule has 6 nitrogen and oxygen atoms in total. The number of hydrazone groups is 1. The van der Waals surface area contributed by atoms with Crippen molar-refractivity contribution in [3.63, 3.8) is 0 Å². The molecule has 0 saturated heterocycles. The summed E-state index contributed by atoms with van der Waals surface area (Å²) in [6.45, 7) is 7.65. The zero-order valence-corrected chi connectivity index (χ0v) is 25.0. The van der Waals surface area contributed by atoms with Crippen molar-refractivity contribution in [1.29, 1.82) is 0 Å². The smallest absolute Gasteiger partial charge is 0.357 e. The number of carbonyl (C=O) groups is 2. The van der Waals surface area contributed by atoms with Gasteiger partial charge in [-0.05, 0) is 83.8 Å².